The molecule has 0 atom stereocenters. The Bertz CT molecular complexity index is 650. The van der Waals surface area contributed by atoms with E-state index in [1.54, 1.807) is 0 Å². The summed E-state index contributed by atoms with van der Waals surface area (Å²) in [5.41, 5.74) is 2.97. The van der Waals surface area contributed by atoms with Gasteiger partial charge in [-0.15, -0.1) is 0 Å². The molecule has 0 unspecified atom stereocenters. The highest BCUT2D eigenvalue weighted by Crippen LogP contribution is 2.39. The Morgan fingerprint density at radius 2 is 1.86 bits per heavy atom. The van der Waals surface area contributed by atoms with Crippen molar-refractivity contribution in [1.82, 2.24) is 5.32 Å². The highest BCUT2D eigenvalue weighted by atomic mass is 16.5. The Balaban J connectivity index is 1.68. The molecule has 2 aromatic rings. The third kappa shape index (κ3) is 3.25. The first kappa shape index (κ1) is 14.9. The summed E-state index contributed by atoms with van der Waals surface area (Å²) < 4.78 is 5.95. The molecule has 0 bridgehead atoms. The van der Waals surface area contributed by atoms with Crippen LogP contribution in [0.1, 0.15) is 37.0 Å². The molecule has 1 aliphatic rings. The van der Waals surface area contributed by atoms with Crippen molar-refractivity contribution in [3.8, 4) is 11.5 Å². The number of hydrogen-bond acceptors (Lipinski definition) is 3. The first-order valence-corrected chi connectivity index (χ1v) is 7.82. The van der Waals surface area contributed by atoms with Crippen molar-refractivity contribution in [3.05, 3.63) is 59.2 Å². The molecule has 2 aromatic carbocycles. The highest BCUT2D eigenvalue weighted by Gasteiger charge is 2.28. The minimum Gasteiger partial charge on any atom is -0.507 e. The number of ether oxygens (including phenoxy) is 1. The predicted molar refractivity (Wildman–Crippen MR) is 88.1 cm³/mol. The fourth-order valence-corrected chi connectivity index (χ4v) is 2.86. The molecule has 0 saturated carbocycles. The number of hydrogen-bond donors (Lipinski definition) is 2. The molecule has 3 heteroatoms. The minimum atomic E-state index is -0.146. The molecule has 0 radical (unpaired) electrons. The van der Waals surface area contributed by atoms with Crippen LogP contribution in [0, 0.1) is 0 Å². The van der Waals surface area contributed by atoms with Crippen LogP contribution >= 0.6 is 0 Å². The monoisotopic (exact) mass is 297 g/mol. The molecule has 116 valence electrons. The van der Waals surface area contributed by atoms with Gasteiger partial charge in [-0.05, 0) is 38.3 Å². The van der Waals surface area contributed by atoms with Gasteiger partial charge in [0.25, 0.3) is 0 Å². The van der Waals surface area contributed by atoms with E-state index < -0.39 is 0 Å². The van der Waals surface area contributed by atoms with Crippen LogP contribution in [-0.4, -0.2) is 10.7 Å². The van der Waals surface area contributed by atoms with E-state index >= 15 is 0 Å². The second kappa shape index (κ2) is 6.01. The van der Waals surface area contributed by atoms with E-state index in [0.29, 0.717) is 12.3 Å². The number of nitrogens with one attached hydrogen (secondary N) is 1. The van der Waals surface area contributed by atoms with Crippen LogP contribution in [-0.2, 0) is 19.5 Å². The number of phenolic OH excluding ortho intramolecular Hbond substituents is 1. The van der Waals surface area contributed by atoms with E-state index in [1.165, 1.54) is 5.56 Å². The van der Waals surface area contributed by atoms with Gasteiger partial charge in [0, 0.05) is 24.2 Å². The molecule has 0 saturated heterocycles. The topological polar surface area (TPSA) is 41.5 Å². The van der Waals surface area contributed by atoms with Crippen LogP contribution < -0.4 is 10.1 Å². The zero-order valence-electron chi connectivity index (χ0n) is 13.2. The lowest BCUT2D eigenvalue weighted by Crippen LogP contribution is -2.32. The highest BCUT2D eigenvalue weighted by molar-refractivity contribution is 5.50. The molecule has 0 aromatic heterocycles. The molecular weight excluding hydrogens is 274 g/mol. The Kier molecular flexibility index (Phi) is 4.08. The van der Waals surface area contributed by atoms with E-state index in [4.69, 9.17) is 4.74 Å². The van der Waals surface area contributed by atoms with Crippen molar-refractivity contribution in [1.29, 1.82) is 0 Å². The summed E-state index contributed by atoms with van der Waals surface area (Å²) in [6, 6.07) is 14.2. The van der Waals surface area contributed by atoms with E-state index in [0.717, 1.165) is 36.3 Å². The summed E-state index contributed by atoms with van der Waals surface area (Å²) >= 11 is 0. The Morgan fingerprint density at radius 1 is 1.09 bits per heavy atom. The average molecular weight is 297 g/mol. The maximum Gasteiger partial charge on any atom is 0.127 e. The van der Waals surface area contributed by atoms with Crippen LogP contribution in [0.25, 0.3) is 0 Å². The van der Waals surface area contributed by atoms with Crippen LogP contribution in [0.4, 0.5) is 0 Å². The maximum atomic E-state index is 10.5. The fourth-order valence-electron chi connectivity index (χ4n) is 2.86. The van der Waals surface area contributed by atoms with Crippen LogP contribution in [0.15, 0.2) is 42.5 Å². The third-order valence-corrected chi connectivity index (χ3v) is 4.17. The summed E-state index contributed by atoms with van der Waals surface area (Å²) in [4.78, 5) is 0. The molecule has 0 amide bonds. The van der Waals surface area contributed by atoms with Crippen LogP contribution in [0.2, 0.25) is 0 Å². The quantitative estimate of drug-likeness (QED) is 0.902. The molecule has 1 heterocycles. The first-order chi connectivity index (χ1) is 10.6. The van der Waals surface area contributed by atoms with E-state index in [-0.39, 0.29) is 5.60 Å². The smallest absolute Gasteiger partial charge is 0.127 e. The molecule has 0 fully saturated rings. The van der Waals surface area contributed by atoms with E-state index in [1.807, 2.05) is 30.3 Å². The van der Waals surface area contributed by atoms with Gasteiger partial charge in [-0.3, -0.25) is 0 Å². The van der Waals surface area contributed by atoms with Crippen molar-refractivity contribution < 1.29 is 9.84 Å². The molecule has 0 aliphatic carbocycles. The molecule has 22 heavy (non-hydrogen) atoms. The van der Waals surface area contributed by atoms with Gasteiger partial charge in [0.2, 0.25) is 0 Å². The lowest BCUT2D eigenvalue weighted by atomic mass is 9.92. The lowest BCUT2D eigenvalue weighted by molar-refractivity contribution is 0.0836. The Morgan fingerprint density at radius 3 is 2.64 bits per heavy atom. The zero-order chi connectivity index (χ0) is 15.6. The normalized spacial score (nSPS) is 15.9. The van der Waals surface area contributed by atoms with Crippen LogP contribution in [0.5, 0.6) is 11.5 Å². The van der Waals surface area contributed by atoms with Gasteiger partial charge in [0.05, 0.1) is 0 Å². The van der Waals surface area contributed by atoms with Crippen molar-refractivity contribution in [2.45, 2.75) is 45.4 Å². The Labute approximate surface area is 131 Å². The Hall–Kier alpha value is -2.00. The number of rotatable bonds is 4. The summed E-state index contributed by atoms with van der Waals surface area (Å²) in [7, 11) is 0. The largest absolute Gasteiger partial charge is 0.507 e. The summed E-state index contributed by atoms with van der Waals surface area (Å²) in [5.74, 6) is 1.20. The molecular formula is C19H23NO2. The SMILES string of the molecule is CC1(C)CCc2c(ccc(CNCc3ccccc3)c2O)O1. The van der Waals surface area contributed by atoms with Gasteiger partial charge in [0.15, 0.2) is 0 Å². The summed E-state index contributed by atoms with van der Waals surface area (Å²) in [5, 5.41) is 13.9. The second-order valence-corrected chi connectivity index (χ2v) is 6.50. The van der Waals surface area contributed by atoms with Crippen LogP contribution in [0.3, 0.4) is 0 Å². The number of benzene rings is 2. The van der Waals surface area contributed by atoms with E-state index in [2.05, 4.69) is 31.3 Å². The van der Waals surface area contributed by atoms with Gasteiger partial charge in [-0.1, -0.05) is 36.4 Å². The third-order valence-electron chi connectivity index (χ3n) is 4.17. The molecule has 3 rings (SSSR count). The number of fused-ring (bicyclic) bond motifs is 1. The van der Waals surface area contributed by atoms with Crippen molar-refractivity contribution in [2.75, 3.05) is 0 Å². The maximum absolute atomic E-state index is 10.5. The summed E-state index contributed by atoms with van der Waals surface area (Å²) in [6.07, 6.45) is 1.79. The number of aromatic hydroxyl groups is 1. The molecule has 2 N–H and O–H groups in total. The van der Waals surface area contributed by atoms with E-state index in [9.17, 15) is 5.11 Å². The number of phenols is 1. The first-order valence-electron chi connectivity index (χ1n) is 7.82. The lowest BCUT2D eigenvalue weighted by Gasteiger charge is -2.33. The second-order valence-electron chi connectivity index (χ2n) is 6.50. The van der Waals surface area contributed by atoms with Gasteiger partial charge >= 0.3 is 0 Å². The average Bonchev–Trinajstić information content (AvgIpc) is 2.50. The van der Waals surface area contributed by atoms with Gasteiger partial charge in [-0.25, -0.2) is 0 Å². The fraction of sp³-hybridized carbons (Fsp3) is 0.368. The minimum absolute atomic E-state index is 0.146. The zero-order valence-corrected chi connectivity index (χ0v) is 13.2. The molecule has 1 aliphatic heterocycles. The van der Waals surface area contributed by atoms with Crippen molar-refractivity contribution >= 4 is 0 Å². The van der Waals surface area contributed by atoms with Gasteiger partial charge < -0.3 is 15.2 Å². The van der Waals surface area contributed by atoms with Gasteiger partial charge in [0.1, 0.15) is 17.1 Å². The standard InChI is InChI=1S/C19H23NO2/c1-19(2)11-10-16-17(22-19)9-8-15(18(16)21)13-20-12-14-6-4-3-5-7-14/h3-9,20-21H,10-13H2,1-2H3. The van der Waals surface area contributed by atoms with Crippen molar-refractivity contribution in [2.24, 2.45) is 0 Å². The van der Waals surface area contributed by atoms with Gasteiger partial charge in [-0.2, -0.15) is 0 Å². The van der Waals surface area contributed by atoms with Crippen molar-refractivity contribution in [3.63, 3.8) is 0 Å². The molecule has 0 spiro atoms. The molecule has 3 nitrogen and oxygen atoms in total. The summed E-state index contributed by atoms with van der Waals surface area (Å²) in [6.45, 7) is 5.61. The predicted octanol–water partition coefficient (Wildman–Crippen LogP) is 3.79.